The molecule has 1 heterocycles. The Balaban J connectivity index is 1.87. The molecule has 7 heteroatoms. The van der Waals surface area contributed by atoms with E-state index in [0.29, 0.717) is 19.6 Å². The molecule has 22 heavy (non-hydrogen) atoms. The van der Waals surface area contributed by atoms with E-state index in [1.165, 1.54) is 4.68 Å². The second-order valence-corrected chi connectivity index (χ2v) is 6.91. The molecule has 0 radical (unpaired) electrons. The summed E-state index contributed by atoms with van der Waals surface area (Å²) >= 11 is 5.44. The van der Waals surface area contributed by atoms with Crippen LogP contribution in [0.15, 0.2) is 54.6 Å². The molecule has 3 aromatic rings. The van der Waals surface area contributed by atoms with Crippen molar-refractivity contribution in [3.05, 3.63) is 68.5 Å². The fourth-order valence-corrected chi connectivity index (χ4v) is 3.40. The van der Waals surface area contributed by atoms with E-state index in [9.17, 15) is 4.79 Å². The molecule has 2 N–H and O–H groups in total. The summed E-state index contributed by atoms with van der Waals surface area (Å²) in [5.74, 6) is -0.271. The molecule has 5 nitrogen and oxygen atoms in total. The minimum atomic E-state index is -0.418. The molecular weight excluding hydrogens is 367 g/mol. The van der Waals surface area contributed by atoms with E-state index in [0.717, 1.165) is 5.69 Å². The number of para-hydroxylation sites is 1. The predicted molar refractivity (Wildman–Crippen MR) is 85.8 cm³/mol. The van der Waals surface area contributed by atoms with Crippen LogP contribution in [-0.2, 0) is 0 Å². The van der Waals surface area contributed by atoms with Gasteiger partial charge in [-0.1, -0.05) is 0 Å². The molecular formula is C15H11ClN4OSe. The molecule has 1 amide bonds. The third-order valence-corrected chi connectivity index (χ3v) is 4.86. The van der Waals surface area contributed by atoms with E-state index < -0.39 is 14.5 Å². The first-order valence-corrected chi connectivity index (χ1v) is 8.50. The normalized spacial score (nSPS) is 10.4. The zero-order valence-corrected chi connectivity index (χ0v) is 13.8. The fraction of sp³-hybridized carbons (Fsp3) is 0. The summed E-state index contributed by atoms with van der Waals surface area (Å²) in [6.07, 6.45) is 0. The van der Waals surface area contributed by atoms with Gasteiger partial charge in [0.2, 0.25) is 0 Å². The molecule has 0 saturated heterocycles. The third-order valence-electron chi connectivity index (χ3n) is 2.87. The molecule has 110 valence electrons. The van der Waals surface area contributed by atoms with E-state index in [2.05, 4.69) is 10.4 Å². The van der Waals surface area contributed by atoms with Crippen molar-refractivity contribution < 1.29 is 4.79 Å². The number of rotatable bonds is 3. The Kier molecular flexibility index (Phi) is 4.24. The van der Waals surface area contributed by atoms with Crippen LogP contribution < -0.4 is 9.68 Å². The van der Waals surface area contributed by atoms with Crippen LogP contribution in [0.5, 0.6) is 0 Å². The third kappa shape index (κ3) is 3.20. The minimum absolute atomic E-state index is 0.271. The van der Waals surface area contributed by atoms with Crippen LogP contribution in [0.2, 0.25) is 5.02 Å². The van der Waals surface area contributed by atoms with Crippen molar-refractivity contribution in [2.75, 3.05) is 5.32 Å². The number of anilines is 1. The van der Waals surface area contributed by atoms with Gasteiger partial charge in [0.15, 0.2) is 0 Å². The Morgan fingerprint density at radius 1 is 1.14 bits per heavy atom. The molecule has 0 fully saturated rings. The molecule has 0 saturated carbocycles. The second kappa shape index (κ2) is 6.32. The molecule has 2 aromatic carbocycles. The molecule has 0 unspecified atom stereocenters. The van der Waals surface area contributed by atoms with Gasteiger partial charge in [0.25, 0.3) is 0 Å². The van der Waals surface area contributed by atoms with Crippen LogP contribution >= 0.6 is 11.6 Å². The molecule has 0 aliphatic carbocycles. The Bertz CT molecular complexity index is 855. The van der Waals surface area contributed by atoms with Gasteiger partial charge in [-0.05, 0) is 0 Å². The van der Waals surface area contributed by atoms with Crippen molar-refractivity contribution in [3.63, 3.8) is 0 Å². The number of aromatic nitrogens is 2. The molecule has 3 rings (SSSR count). The van der Waals surface area contributed by atoms with Crippen molar-refractivity contribution >= 4 is 37.7 Å². The number of halogens is 1. The van der Waals surface area contributed by atoms with Crippen LogP contribution in [0.1, 0.15) is 9.36 Å². The van der Waals surface area contributed by atoms with Gasteiger partial charge in [0.05, 0.1) is 0 Å². The molecule has 0 atom stereocenters. The van der Waals surface area contributed by atoms with Crippen molar-refractivity contribution in [1.29, 1.82) is 5.41 Å². The van der Waals surface area contributed by atoms with Crippen molar-refractivity contribution in [1.82, 2.24) is 9.78 Å². The van der Waals surface area contributed by atoms with E-state index >= 15 is 0 Å². The van der Waals surface area contributed by atoms with Gasteiger partial charge in [-0.2, -0.15) is 0 Å². The first kappa shape index (κ1) is 14.8. The summed E-state index contributed by atoms with van der Waals surface area (Å²) in [7, 11) is 0. The number of nitrogens with one attached hydrogen (secondary N) is 2. The number of amides is 1. The van der Waals surface area contributed by atoms with Gasteiger partial charge in [-0.15, -0.1) is 0 Å². The summed E-state index contributed by atoms with van der Waals surface area (Å²) in [5, 5.41) is 15.7. The monoisotopic (exact) mass is 378 g/mol. The van der Waals surface area contributed by atoms with E-state index in [1.807, 2.05) is 30.3 Å². The van der Waals surface area contributed by atoms with Gasteiger partial charge in [0.1, 0.15) is 0 Å². The molecule has 0 aliphatic heterocycles. The van der Waals surface area contributed by atoms with Crippen molar-refractivity contribution in [2.24, 2.45) is 0 Å². The number of hydrogen-bond acceptors (Lipinski definition) is 3. The molecule has 0 bridgehead atoms. The maximum atomic E-state index is 12.2. The fourth-order valence-electron chi connectivity index (χ4n) is 1.85. The molecule has 0 spiro atoms. The number of benzene rings is 2. The van der Waals surface area contributed by atoms with Crippen LogP contribution in [0.3, 0.4) is 0 Å². The van der Waals surface area contributed by atoms with Crippen molar-refractivity contribution in [3.8, 4) is 5.69 Å². The average molecular weight is 378 g/mol. The maximum absolute atomic E-state index is 12.2. The van der Waals surface area contributed by atoms with Gasteiger partial charge < -0.3 is 0 Å². The Hall–Kier alpha value is -2.14. The Morgan fingerprint density at radius 3 is 2.50 bits per heavy atom. The first-order chi connectivity index (χ1) is 10.6. The quantitative estimate of drug-likeness (QED) is 0.688. The van der Waals surface area contributed by atoms with E-state index in [-0.39, 0.29) is 5.91 Å². The molecule has 1 aromatic heterocycles. The zero-order valence-electron chi connectivity index (χ0n) is 11.3. The van der Waals surface area contributed by atoms with Crippen LogP contribution in [0.4, 0.5) is 5.69 Å². The summed E-state index contributed by atoms with van der Waals surface area (Å²) < 4.78 is 2.15. The van der Waals surface area contributed by atoms with Crippen LogP contribution in [0.25, 0.3) is 5.69 Å². The van der Waals surface area contributed by atoms with Gasteiger partial charge in [0, 0.05) is 0 Å². The standard InChI is InChI=1S/C15H11ClN4OSe/c16-10-6-8-12(9-7-10)20-15(17)22-14(19-20)13(21)18-11-4-2-1-3-5-11/h1-9,17H,(H,18,21). The zero-order chi connectivity index (χ0) is 15.5. The number of carbonyl (C=O) groups excluding carboxylic acids is 1. The summed E-state index contributed by atoms with van der Waals surface area (Å²) in [6, 6.07) is 16.2. The Labute approximate surface area is 137 Å². The summed E-state index contributed by atoms with van der Waals surface area (Å²) in [4.78, 5) is 12.2. The number of hydrogen-bond donors (Lipinski definition) is 2. The SMILES string of the molecule is N=c1[se]c(C(=O)Nc2ccccc2)nn1-c1ccc(Cl)cc1. The van der Waals surface area contributed by atoms with Crippen molar-refractivity contribution in [2.45, 2.75) is 0 Å². The van der Waals surface area contributed by atoms with Gasteiger partial charge in [-0.25, -0.2) is 0 Å². The number of nitrogens with zero attached hydrogens (tertiary/aromatic N) is 2. The van der Waals surface area contributed by atoms with Crippen LogP contribution in [0, 0.1) is 5.41 Å². The van der Waals surface area contributed by atoms with Crippen LogP contribution in [-0.4, -0.2) is 30.2 Å². The van der Waals surface area contributed by atoms with Gasteiger partial charge in [-0.3, -0.25) is 0 Å². The first-order valence-electron chi connectivity index (χ1n) is 6.40. The Morgan fingerprint density at radius 2 is 1.82 bits per heavy atom. The second-order valence-electron chi connectivity index (χ2n) is 4.42. The predicted octanol–water partition coefficient (Wildman–Crippen LogP) is 2.31. The topological polar surface area (TPSA) is 70.8 Å². The molecule has 0 aliphatic rings. The summed E-state index contributed by atoms with van der Waals surface area (Å²) in [5.41, 5.74) is 1.43. The van der Waals surface area contributed by atoms with E-state index in [4.69, 9.17) is 17.0 Å². The number of carbonyl (C=O) groups is 1. The van der Waals surface area contributed by atoms with E-state index in [1.54, 1.807) is 24.3 Å². The summed E-state index contributed by atoms with van der Waals surface area (Å²) in [6.45, 7) is 0. The average Bonchev–Trinajstić information content (AvgIpc) is 2.91. The van der Waals surface area contributed by atoms with Gasteiger partial charge >= 0.3 is 137 Å².